The van der Waals surface area contributed by atoms with Crippen molar-refractivity contribution in [2.75, 3.05) is 0 Å². The van der Waals surface area contributed by atoms with Crippen LogP contribution in [-0.4, -0.2) is 6.04 Å². The standard InChI is InChI=1S/C13H15ClFN/c1-4-11(5-2)16-9(3)10-6-7-13(15)12(14)8-10/h1,6-9,11,16H,5H2,2-3H3. The molecule has 3 heteroatoms. The third-order valence-electron chi connectivity index (χ3n) is 2.50. The summed E-state index contributed by atoms with van der Waals surface area (Å²) >= 11 is 5.72. The van der Waals surface area contributed by atoms with E-state index in [1.54, 1.807) is 12.1 Å². The largest absolute Gasteiger partial charge is 0.297 e. The summed E-state index contributed by atoms with van der Waals surface area (Å²) in [5.41, 5.74) is 0.931. The van der Waals surface area contributed by atoms with Crippen LogP contribution in [0.25, 0.3) is 0 Å². The molecule has 0 aromatic heterocycles. The molecule has 0 amide bonds. The normalized spacial score (nSPS) is 14.2. The number of halogens is 2. The first-order valence-corrected chi connectivity index (χ1v) is 5.63. The summed E-state index contributed by atoms with van der Waals surface area (Å²) in [4.78, 5) is 0. The van der Waals surface area contributed by atoms with Crippen LogP contribution < -0.4 is 5.32 Å². The van der Waals surface area contributed by atoms with Crippen molar-refractivity contribution < 1.29 is 4.39 Å². The van der Waals surface area contributed by atoms with Gasteiger partial charge in [0.05, 0.1) is 11.1 Å². The van der Waals surface area contributed by atoms with Crippen molar-refractivity contribution in [3.05, 3.63) is 34.6 Å². The molecule has 1 N–H and O–H groups in total. The van der Waals surface area contributed by atoms with E-state index in [0.29, 0.717) is 0 Å². The highest BCUT2D eigenvalue weighted by Crippen LogP contribution is 2.21. The van der Waals surface area contributed by atoms with Crippen molar-refractivity contribution in [3.63, 3.8) is 0 Å². The van der Waals surface area contributed by atoms with Gasteiger partial charge >= 0.3 is 0 Å². The Morgan fingerprint density at radius 1 is 1.56 bits per heavy atom. The third-order valence-corrected chi connectivity index (χ3v) is 2.79. The Labute approximate surface area is 101 Å². The van der Waals surface area contributed by atoms with Crippen molar-refractivity contribution in [2.45, 2.75) is 32.4 Å². The molecule has 1 nitrogen and oxygen atoms in total. The van der Waals surface area contributed by atoms with Crippen LogP contribution in [0.15, 0.2) is 18.2 Å². The van der Waals surface area contributed by atoms with Crippen LogP contribution >= 0.6 is 11.6 Å². The van der Waals surface area contributed by atoms with Gasteiger partial charge in [-0.25, -0.2) is 4.39 Å². The Kier molecular flexibility index (Phi) is 4.79. The molecule has 1 aromatic carbocycles. The van der Waals surface area contributed by atoms with E-state index in [2.05, 4.69) is 11.2 Å². The Bertz CT molecular complexity index is 397. The lowest BCUT2D eigenvalue weighted by Crippen LogP contribution is -2.29. The van der Waals surface area contributed by atoms with Gasteiger partial charge < -0.3 is 0 Å². The Hall–Kier alpha value is -1.04. The van der Waals surface area contributed by atoms with E-state index >= 15 is 0 Å². The second-order valence-corrected chi connectivity index (χ2v) is 4.10. The summed E-state index contributed by atoms with van der Waals surface area (Å²) < 4.78 is 13.0. The highest BCUT2D eigenvalue weighted by Gasteiger charge is 2.11. The van der Waals surface area contributed by atoms with E-state index in [4.69, 9.17) is 18.0 Å². The first-order valence-electron chi connectivity index (χ1n) is 5.25. The number of hydrogen-bond acceptors (Lipinski definition) is 1. The molecule has 2 unspecified atom stereocenters. The van der Waals surface area contributed by atoms with Crippen LogP contribution in [0, 0.1) is 18.2 Å². The molecule has 0 radical (unpaired) electrons. The van der Waals surface area contributed by atoms with E-state index in [1.165, 1.54) is 6.07 Å². The third kappa shape index (κ3) is 3.23. The highest BCUT2D eigenvalue weighted by atomic mass is 35.5. The summed E-state index contributed by atoms with van der Waals surface area (Å²) in [6, 6.07) is 4.78. The highest BCUT2D eigenvalue weighted by molar-refractivity contribution is 6.30. The topological polar surface area (TPSA) is 12.0 Å². The smallest absolute Gasteiger partial charge is 0.141 e. The van der Waals surface area contributed by atoms with E-state index in [1.807, 2.05) is 13.8 Å². The molecule has 86 valence electrons. The molecule has 0 aliphatic carbocycles. The van der Waals surface area contributed by atoms with Crippen LogP contribution in [0.3, 0.4) is 0 Å². The molecule has 0 bridgehead atoms. The van der Waals surface area contributed by atoms with Gasteiger partial charge in [-0.1, -0.05) is 30.5 Å². The van der Waals surface area contributed by atoms with Gasteiger partial charge in [0.2, 0.25) is 0 Å². The summed E-state index contributed by atoms with van der Waals surface area (Å²) in [6.07, 6.45) is 6.22. The van der Waals surface area contributed by atoms with Crippen molar-refractivity contribution in [3.8, 4) is 12.3 Å². The molecule has 1 rings (SSSR count). The van der Waals surface area contributed by atoms with Crippen molar-refractivity contribution in [1.82, 2.24) is 5.32 Å². The monoisotopic (exact) mass is 239 g/mol. The zero-order valence-corrected chi connectivity index (χ0v) is 10.2. The number of nitrogens with one attached hydrogen (secondary N) is 1. The Morgan fingerprint density at radius 2 is 2.25 bits per heavy atom. The quantitative estimate of drug-likeness (QED) is 0.793. The molecule has 16 heavy (non-hydrogen) atoms. The first-order chi connectivity index (χ1) is 7.58. The van der Waals surface area contributed by atoms with Crippen LogP contribution in [0.2, 0.25) is 5.02 Å². The van der Waals surface area contributed by atoms with Gasteiger partial charge in [0.1, 0.15) is 5.82 Å². The molecular formula is C13H15ClFN. The minimum absolute atomic E-state index is 0.0267. The van der Waals surface area contributed by atoms with Gasteiger partial charge in [-0.2, -0.15) is 0 Å². The van der Waals surface area contributed by atoms with E-state index in [9.17, 15) is 4.39 Å². The summed E-state index contributed by atoms with van der Waals surface area (Å²) in [5.74, 6) is 2.26. The lowest BCUT2D eigenvalue weighted by atomic mass is 10.1. The molecule has 0 aliphatic rings. The Balaban J connectivity index is 2.77. The van der Waals surface area contributed by atoms with Gasteiger partial charge in [0, 0.05) is 6.04 Å². The van der Waals surface area contributed by atoms with E-state index in [-0.39, 0.29) is 17.1 Å². The number of benzene rings is 1. The fraction of sp³-hybridized carbons (Fsp3) is 0.385. The van der Waals surface area contributed by atoms with Crippen LogP contribution in [-0.2, 0) is 0 Å². The number of hydrogen-bond donors (Lipinski definition) is 1. The molecule has 0 saturated carbocycles. The SMILES string of the molecule is C#CC(CC)NC(C)c1ccc(F)c(Cl)c1. The lowest BCUT2D eigenvalue weighted by molar-refractivity contribution is 0.511. The molecule has 1 aromatic rings. The fourth-order valence-electron chi connectivity index (χ4n) is 1.46. The van der Waals surface area contributed by atoms with Gasteiger partial charge in [0.15, 0.2) is 0 Å². The van der Waals surface area contributed by atoms with Crippen molar-refractivity contribution in [1.29, 1.82) is 0 Å². The average Bonchev–Trinajstić information content (AvgIpc) is 2.29. The zero-order valence-electron chi connectivity index (χ0n) is 9.43. The predicted molar refractivity (Wildman–Crippen MR) is 65.9 cm³/mol. The molecule has 0 heterocycles. The van der Waals surface area contributed by atoms with Crippen LogP contribution in [0.4, 0.5) is 4.39 Å². The second kappa shape index (κ2) is 5.89. The summed E-state index contributed by atoms with van der Waals surface area (Å²) in [6.45, 7) is 3.99. The Morgan fingerprint density at radius 3 is 2.75 bits per heavy atom. The minimum atomic E-state index is -0.401. The maximum Gasteiger partial charge on any atom is 0.141 e. The summed E-state index contributed by atoms with van der Waals surface area (Å²) in [7, 11) is 0. The van der Waals surface area contributed by atoms with Gasteiger partial charge in [-0.15, -0.1) is 6.42 Å². The summed E-state index contributed by atoms with van der Waals surface area (Å²) in [5, 5.41) is 3.40. The van der Waals surface area contributed by atoms with Crippen molar-refractivity contribution >= 4 is 11.6 Å². The lowest BCUT2D eigenvalue weighted by Gasteiger charge is -2.18. The molecular weight excluding hydrogens is 225 g/mol. The molecule has 2 atom stereocenters. The predicted octanol–water partition coefficient (Wildman–Crippen LogP) is 3.54. The number of terminal acetylenes is 1. The van der Waals surface area contributed by atoms with Crippen LogP contribution in [0.1, 0.15) is 31.9 Å². The van der Waals surface area contributed by atoms with Gasteiger partial charge in [-0.3, -0.25) is 5.32 Å². The van der Waals surface area contributed by atoms with Gasteiger partial charge in [-0.05, 0) is 31.0 Å². The minimum Gasteiger partial charge on any atom is -0.297 e. The zero-order chi connectivity index (χ0) is 12.1. The van der Waals surface area contributed by atoms with E-state index in [0.717, 1.165) is 12.0 Å². The number of rotatable bonds is 4. The molecule has 0 spiro atoms. The maximum absolute atomic E-state index is 13.0. The molecule has 0 aliphatic heterocycles. The van der Waals surface area contributed by atoms with Crippen molar-refractivity contribution in [2.24, 2.45) is 0 Å². The van der Waals surface area contributed by atoms with Gasteiger partial charge in [0.25, 0.3) is 0 Å². The second-order valence-electron chi connectivity index (χ2n) is 3.69. The van der Waals surface area contributed by atoms with Crippen LogP contribution in [0.5, 0.6) is 0 Å². The average molecular weight is 240 g/mol. The first kappa shape index (κ1) is 13.0. The maximum atomic E-state index is 13.0. The molecule has 0 fully saturated rings. The fourth-order valence-corrected chi connectivity index (χ4v) is 1.65. The van der Waals surface area contributed by atoms with E-state index < -0.39 is 5.82 Å². The molecule has 0 saturated heterocycles.